The van der Waals surface area contributed by atoms with E-state index in [1.807, 2.05) is 24.3 Å². The van der Waals surface area contributed by atoms with Gasteiger partial charge in [0.2, 0.25) is 11.9 Å². The number of benzene rings is 2. The van der Waals surface area contributed by atoms with Crippen LogP contribution in [0.3, 0.4) is 0 Å². The smallest absolute Gasteiger partial charge is 0.248 e. The van der Waals surface area contributed by atoms with E-state index in [-0.39, 0.29) is 5.95 Å². The molecular formula is C14H11Cl2N5. The zero-order valence-electron chi connectivity index (χ0n) is 10.8. The molecule has 3 rings (SSSR count). The maximum atomic E-state index is 5.88. The number of aromatic nitrogens is 3. The summed E-state index contributed by atoms with van der Waals surface area (Å²) >= 11 is 11.7. The largest absolute Gasteiger partial charge is 0.368 e. The van der Waals surface area contributed by atoms with Crippen LogP contribution in [-0.2, 0) is 0 Å². The van der Waals surface area contributed by atoms with Crippen LogP contribution in [0.4, 0.5) is 17.6 Å². The van der Waals surface area contributed by atoms with Crippen molar-refractivity contribution in [3.8, 4) is 5.69 Å². The van der Waals surface area contributed by atoms with Gasteiger partial charge in [-0.05, 0) is 48.5 Å². The molecule has 0 saturated carbocycles. The fraction of sp³-hybridized carbons (Fsp3) is 0. The first kappa shape index (κ1) is 13.7. The van der Waals surface area contributed by atoms with Gasteiger partial charge in [0.15, 0.2) is 0 Å². The van der Waals surface area contributed by atoms with Gasteiger partial charge in [0, 0.05) is 15.7 Å². The van der Waals surface area contributed by atoms with Gasteiger partial charge in [-0.2, -0.15) is 9.67 Å². The molecule has 0 unspecified atom stereocenters. The lowest BCUT2D eigenvalue weighted by Crippen LogP contribution is -2.02. The minimum absolute atomic E-state index is 0.286. The van der Waals surface area contributed by atoms with Gasteiger partial charge >= 0.3 is 0 Å². The molecule has 3 N–H and O–H groups in total. The summed E-state index contributed by atoms with van der Waals surface area (Å²) in [5, 5.41) is 8.70. The molecule has 1 heterocycles. The Morgan fingerprint density at radius 1 is 0.905 bits per heavy atom. The normalized spacial score (nSPS) is 10.6. The Labute approximate surface area is 131 Å². The predicted molar refractivity (Wildman–Crippen MR) is 85.5 cm³/mol. The zero-order valence-corrected chi connectivity index (χ0v) is 12.3. The van der Waals surface area contributed by atoms with Crippen LogP contribution in [0.1, 0.15) is 0 Å². The molecule has 2 aromatic carbocycles. The van der Waals surface area contributed by atoms with Crippen molar-refractivity contribution in [2.75, 3.05) is 11.1 Å². The van der Waals surface area contributed by atoms with E-state index >= 15 is 0 Å². The molecule has 106 valence electrons. The van der Waals surface area contributed by atoms with Crippen LogP contribution in [-0.4, -0.2) is 14.8 Å². The van der Waals surface area contributed by atoms with Crippen LogP contribution in [0.25, 0.3) is 5.69 Å². The summed E-state index contributed by atoms with van der Waals surface area (Å²) in [6, 6.07) is 14.4. The molecule has 0 spiro atoms. The van der Waals surface area contributed by atoms with Gasteiger partial charge in [0.1, 0.15) is 0 Å². The lowest BCUT2D eigenvalue weighted by Gasteiger charge is -2.02. The van der Waals surface area contributed by atoms with Gasteiger partial charge < -0.3 is 11.1 Å². The second-order valence-electron chi connectivity index (χ2n) is 4.31. The van der Waals surface area contributed by atoms with Gasteiger partial charge in [0.05, 0.1) is 5.69 Å². The van der Waals surface area contributed by atoms with Crippen molar-refractivity contribution in [2.45, 2.75) is 0 Å². The lowest BCUT2D eigenvalue weighted by atomic mass is 10.3. The van der Waals surface area contributed by atoms with E-state index in [0.29, 0.717) is 16.0 Å². The maximum absolute atomic E-state index is 5.88. The summed E-state index contributed by atoms with van der Waals surface area (Å²) < 4.78 is 1.54. The first-order chi connectivity index (χ1) is 10.1. The molecule has 0 atom stereocenters. The molecule has 1 aromatic heterocycles. The van der Waals surface area contributed by atoms with Crippen molar-refractivity contribution in [3.63, 3.8) is 0 Å². The standard InChI is InChI=1S/C14H11Cl2N5/c15-9-1-5-11(6-2-9)18-14-19-13(17)21(20-14)12-7-3-10(16)4-8-12/h1-8H,(H3,17,18,19,20). The number of hydrogen-bond donors (Lipinski definition) is 2. The zero-order chi connectivity index (χ0) is 14.8. The van der Waals surface area contributed by atoms with E-state index in [4.69, 9.17) is 28.9 Å². The molecule has 0 amide bonds. The number of anilines is 3. The van der Waals surface area contributed by atoms with Crippen molar-refractivity contribution >= 4 is 40.8 Å². The highest BCUT2D eigenvalue weighted by Gasteiger charge is 2.09. The van der Waals surface area contributed by atoms with E-state index in [1.165, 1.54) is 4.68 Å². The molecule has 0 radical (unpaired) electrons. The summed E-state index contributed by atoms with van der Waals surface area (Å²) in [5.74, 6) is 0.693. The Morgan fingerprint density at radius 2 is 1.48 bits per heavy atom. The summed E-state index contributed by atoms with van der Waals surface area (Å²) in [4.78, 5) is 4.18. The lowest BCUT2D eigenvalue weighted by molar-refractivity contribution is 0.894. The molecule has 21 heavy (non-hydrogen) atoms. The van der Waals surface area contributed by atoms with Crippen LogP contribution in [0.5, 0.6) is 0 Å². The minimum atomic E-state index is 0.286. The molecular weight excluding hydrogens is 309 g/mol. The van der Waals surface area contributed by atoms with E-state index in [0.717, 1.165) is 11.4 Å². The molecule has 0 aliphatic rings. The van der Waals surface area contributed by atoms with Crippen molar-refractivity contribution in [1.82, 2.24) is 14.8 Å². The summed E-state index contributed by atoms with van der Waals surface area (Å²) in [5.41, 5.74) is 7.50. The Balaban J connectivity index is 1.87. The summed E-state index contributed by atoms with van der Waals surface area (Å²) in [6.07, 6.45) is 0. The molecule has 5 nitrogen and oxygen atoms in total. The molecule has 0 aliphatic heterocycles. The van der Waals surface area contributed by atoms with E-state index < -0.39 is 0 Å². The Bertz CT molecular complexity index is 750. The highest BCUT2D eigenvalue weighted by Crippen LogP contribution is 2.20. The monoisotopic (exact) mass is 319 g/mol. The van der Waals surface area contributed by atoms with Crippen molar-refractivity contribution in [1.29, 1.82) is 0 Å². The molecule has 0 saturated heterocycles. The van der Waals surface area contributed by atoms with Gasteiger partial charge in [-0.25, -0.2) is 0 Å². The van der Waals surface area contributed by atoms with E-state index in [1.54, 1.807) is 24.3 Å². The topological polar surface area (TPSA) is 68.8 Å². The van der Waals surface area contributed by atoms with Gasteiger partial charge in [-0.1, -0.05) is 23.2 Å². The van der Waals surface area contributed by atoms with Crippen molar-refractivity contribution < 1.29 is 0 Å². The molecule has 0 aliphatic carbocycles. The average molecular weight is 320 g/mol. The number of rotatable bonds is 3. The fourth-order valence-corrected chi connectivity index (χ4v) is 2.06. The molecule has 7 heteroatoms. The van der Waals surface area contributed by atoms with Gasteiger partial charge in [0.25, 0.3) is 0 Å². The number of halogens is 2. The number of nitrogens with two attached hydrogens (primary N) is 1. The highest BCUT2D eigenvalue weighted by atomic mass is 35.5. The third-order valence-corrected chi connectivity index (χ3v) is 3.31. The number of nitrogens with zero attached hydrogens (tertiary/aromatic N) is 3. The third kappa shape index (κ3) is 3.09. The second kappa shape index (κ2) is 5.63. The second-order valence-corrected chi connectivity index (χ2v) is 5.19. The first-order valence-corrected chi connectivity index (χ1v) is 6.88. The van der Waals surface area contributed by atoms with Gasteiger partial charge in [-0.3, -0.25) is 0 Å². The molecule has 0 fully saturated rings. The van der Waals surface area contributed by atoms with Crippen molar-refractivity contribution in [2.24, 2.45) is 0 Å². The van der Waals surface area contributed by atoms with Crippen LogP contribution in [0.2, 0.25) is 10.0 Å². The fourth-order valence-electron chi connectivity index (χ4n) is 1.81. The van der Waals surface area contributed by atoms with Gasteiger partial charge in [-0.15, -0.1) is 5.10 Å². The SMILES string of the molecule is Nc1nc(Nc2ccc(Cl)cc2)nn1-c1ccc(Cl)cc1. The summed E-state index contributed by atoms with van der Waals surface area (Å²) in [7, 11) is 0. The quantitative estimate of drug-likeness (QED) is 0.768. The van der Waals surface area contributed by atoms with Crippen molar-refractivity contribution in [3.05, 3.63) is 58.6 Å². The van der Waals surface area contributed by atoms with Crippen LogP contribution >= 0.6 is 23.2 Å². The number of nitrogen functional groups attached to an aromatic ring is 1. The maximum Gasteiger partial charge on any atom is 0.248 e. The van der Waals surface area contributed by atoms with Crippen LogP contribution in [0.15, 0.2) is 48.5 Å². The Morgan fingerprint density at radius 3 is 2.10 bits per heavy atom. The number of hydrogen-bond acceptors (Lipinski definition) is 4. The van der Waals surface area contributed by atoms with Crippen LogP contribution in [0, 0.1) is 0 Å². The first-order valence-electron chi connectivity index (χ1n) is 6.13. The molecule has 0 bridgehead atoms. The minimum Gasteiger partial charge on any atom is -0.368 e. The molecule has 3 aromatic rings. The van der Waals surface area contributed by atoms with Crippen LogP contribution < -0.4 is 11.1 Å². The number of nitrogens with one attached hydrogen (secondary N) is 1. The summed E-state index contributed by atoms with van der Waals surface area (Å²) in [6.45, 7) is 0. The average Bonchev–Trinajstić information content (AvgIpc) is 2.83. The third-order valence-electron chi connectivity index (χ3n) is 2.80. The Hall–Kier alpha value is -2.24. The Kier molecular flexibility index (Phi) is 3.68. The van der Waals surface area contributed by atoms with E-state index in [2.05, 4.69) is 15.4 Å². The predicted octanol–water partition coefficient (Wildman–Crippen LogP) is 3.90. The highest BCUT2D eigenvalue weighted by molar-refractivity contribution is 6.30. The van der Waals surface area contributed by atoms with E-state index in [9.17, 15) is 0 Å².